The second-order valence-corrected chi connectivity index (χ2v) is 4.72. The van der Waals surface area contributed by atoms with E-state index in [2.05, 4.69) is 5.32 Å². The second-order valence-electron chi connectivity index (χ2n) is 4.72. The summed E-state index contributed by atoms with van der Waals surface area (Å²) < 4.78 is 10.2. The van der Waals surface area contributed by atoms with E-state index in [4.69, 9.17) is 9.47 Å². The lowest BCUT2D eigenvalue weighted by Crippen LogP contribution is -2.26. The number of hydrogen-bond donors (Lipinski definition) is 2. The molecule has 0 spiro atoms. The summed E-state index contributed by atoms with van der Waals surface area (Å²) in [6.07, 6.45) is 0. The second kappa shape index (κ2) is 7.67. The van der Waals surface area contributed by atoms with Crippen molar-refractivity contribution in [1.29, 1.82) is 0 Å². The van der Waals surface area contributed by atoms with Crippen molar-refractivity contribution in [2.75, 3.05) is 27.4 Å². The molecule has 4 heteroatoms. The number of benzene rings is 2. The summed E-state index contributed by atoms with van der Waals surface area (Å²) in [6, 6.07) is 15.3. The minimum absolute atomic E-state index is 0.0905. The van der Waals surface area contributed by atoms with Crippen molar-refractivity contribution >= 4 is 0 Å². The summed E-state index contributed by atoms with van der Waals surface area (Å²) in [5.74, 6) is 0.855. The topological polar surface area (TPSA) is 50.7 Å². The molecular weight excluding hydrogens is 266 g/mol. The molecule has 0 aromatic heterocycles. The Morgan fingerprint density at radius 3 is 2.48 bits per heavy atom. The number of phenols is 1. The standard InChI is InChI=1S/C17H21NO3/c1-20-11-10-18-17(13-6-4-3-5-7-13)15-9-8-14(21-2)12-16(15)19/h3-9,12,17-19H,10-11H2,1-2H3. The molecule has 2 N–H and O–H groups in total. The molecule has 0 saturated carbocycles. The normalized spacial score (nSPS) is 12.1. The van der Waals surface area contributed by atoms with E-state index in [0.717, 1.165) is 11.1 Å². The maximum atomic E-state index is 10.3. The van der Waals surface area contributed by atoms with Gasteiger partial charge in [-0.1, -0.05) is 30.3 Å². The molecule has 21 heavy (non-hydrogen) atoms. The predicted octanol–water partition coefficient (Wildman–Crippen LogP) is 2.73. The lowest BCUT2D eigenvalue weighted by Gasteiger charge is -2.21. The highest BCUT2D eigenvalue weighted by Gasteiger charge is 2.17. The van der Waals surface area contributed by atoms with Gasteiger partial charge in [0.2, 0.25) is 0 Å². The molecule has 0 fully saturated rings. The number of methoxy groups -OCH3 is 2. The molecule has 0 saturated heterocycles. The first-order valence-corrected chi connectivity index (χ1v) is 6.90. The van der Waals surface area contributed by atoms with Crippen molar-refractivity contribution in [3.63, 3.8) is 0 Å². The van der Waals surface area contributed by atoms with Crippen LogP contribution in [0.4, 0.5) is 0 Å². The van der Waals surface area contributed by atoms with Gasteiger partial charge < -0.3 is 19.9 Å². The largest absolute Gasteiger partial charge is 0.507 e. The van der Waals surface area contributed by atoms with E-state index >= 15 is 0 Å². The van der Waals surface area contributed by atoms with E-state index in [1.165, 1.54) is 0 Å². The third kappa shape index (κ3) is 3.97. The maximum absolute atomic E-state index is 10.3. The summed E-state index contributed by atoms with van der Waals surface area (Å²) in [6.45, 7) is 1.31. The highest BCUT2D eigenvalue weighted by Crippen LogP contribution is 2.32. The Bertz CT molecular complexity index is 557. The molecule has 1 atom stereocenters. The van der Waals surface area contributed by atoms with Crippen LogP contribution in [0, 0.1) is 0 Å². The van der Waals surface area contributed by atoms with Crippen LogP contribution in [0.25, 0.3) is 0 Å². The van der Waals surface area contributed by atoms with Gasteiger partial charge in [0, 0.05) is 25.3 Å². The van der Waals surface area contributed by atoms with E-state index < -0.39 is 0 Å². The fourth-order valence-electron chi connectivity index (χ4n) is 2.25. The zero-order chi connectivity index (χ0) is 15.1. The third-order valence-electron chi connectivity index (χ3n) is 3.34. The van der Waals surface area contributed by atoms with Crippen molar-refractivity contribution in [3.05, 3.63) is 59.7 Å². The first-order valence-electron chi connectivity index (χ1n) is 6.90. The monoisotopic (exact) mass is 287 g/mol. The van der Waals surface area contributed by atoms with Crippen molar-refractivity contribution in [2.45, 2.75) is 6.04 Å². The number of nitrogens with one attached hydrogen (secondary N) is 1. The molecule has 0 radical (unpaired) electrons. The number of rotatable bonds is 7. The molecule has 4 nitrogen and oxygen atoms in total. The van der Waals surface area contributed by atoms with Crippen LogP contribution in [-0.4, -0.2) is 32.5 Å². The van der Waals surface area contributed by atoms with Gasteiger partial charge in [0.15, 0.2) is 0 Å². The number of phenolic OH excluding ortho intramolecular Hbond substituents is 1. The van der Waals surface area contributed by atoms with E-state index in [9.17, 15) is 5.11 Å². The van der Waals surface area contributed by atoms with Crippen LogP contribution in [0.15, 0.2) is 48.5 Å². The van der Waals surface area contributed by atoms with Crippen LogP contribution < -0.4 is 10.1 Å². The summed E-state index contributed by atoms with van der Waals surface area (Å²) in [5, 5.41) is 13.7. The van der Waals surface area contributed by atoms with Gasteiger partial charge in [0.05, 0.1) is 19.8 Å². The van der Waals surface area contributed by atoms with Crippen LogP contribution in [0.1, 0.15) is 17.2 Å². The van der Waals surface area contributed by atoms with Crippen molar-refractivity contribution in [1.82, 2.24) is 5.32 Å². The summed E-state index contributed by atoms with van der Waals surface area (Å²) in [5.41, 5.74) is 1.91. The molecule has 2 aromatic carbocycles. The number of aromatic hydroxyl groups is 1. The highest BCUT2D eigenvalue weighted by atomic mass is 16.5. The summed E-state index contributed by atoms with van der Waals surface area (Å²) in [7, 11) is 3.25. The Labute approximate surface area is 125 Å². The molecule has 2 aromatic rings. The molecule has 0 aliphatic carbocycles. The fourth-order valence-corrected chi connectivity index (χ4v) is 2.25. The van der Waals surface area contributed by atoms with Gasteiger partial charge in [0.25, 0.3) is 0 Å². The van der Waals surface area contributed by atoms with Gasteiger partial charge in [-0.3, -0.25) is 0 Å². The number of ether oxygens (including phenoxy) is 2. The Morgan fingerprint density at radius 1 is 1.10 bits per heavy atom. The minimum atomic E-state index is -0.0905. The highest BCUT2D eigenvalue weighted by molar-refractivity contribution is 5.45. The molecule has 2 rings (SSSR count). The van der Waals surface area contributed by atoms with Crippen molar-refractivity contribution in [3.8, 4) is 11.5 Å². The van der Waals surface area contributed by atoms with Crippen molar-refractivity contribution < 1.29 is 14.6 Å². The van der Waals surface area contributed by atoms with Gasteiger partial charge in [-0.15, -0.1) is 0 Å². The Morgan fingerprint density at radius 2 is 1.86 bits per heavy atom. The van der Waals surface area contributed by atoms with Gasteiger partial charge in [-0.2, -0.15) is 0 Å². The fraction of sp³-hybridized carbons (Fsp3) is 0.294. The molecular formula is C17H21NO3. The van der Waals surface area contributed by atoms with Crippen LogP contribution in [0.3, 0.4) is 0 Å². The van der Waals surface area contributed by atoms with E-state index in [-0.39, 0.29) is 11.8 Å². The molecule has 0 aliphatic heterocycles. The lowest BCUT2D eigenvalue weighted by atomic mass is 9.97. The zero-order valence-corrected chi connectivity index (χ0v) is 12.4. The molecule has 1 unspecified atom stereocenters. The molecule has 112 valence electrons. The summed E-state index contributed by atoms with van der Waals surface area (Å²) in [4.78, 5) is 0. The first-order chi connectivity index (χ1) is 10.3. The van der Waals surface area contributed by atoms with Gasteiger partial charge >= 0.3 is 0 Å². The minimum Gasteiger partial charge on any atom is -0.507 e. The van der Waals surface area contributed by atoms with Gasteiger partial charge in [-0.25, -0.2) is 0 Å². The predicted molar refractivity (Wildman–Crippen MR) is 82.8 cm³/mol. The summed E-state index contributed by atoms with van der Waals surface area (Å²) >= 11 is 0. The first kappa shape index (κ1) is 15.4. The van der Waals surface area contributed by atoms with Crippen molar-refractivity contribution in [2.24, 2.45) is 0 Å². The maximum Gasteiger partial charge on any atom is 0.124 e. The Kier molecular flexibility index (Phi) is 5.60. The van der Waals surface area contributed by atoms with E-state index in [1.54, 1.807) is 20.3 Å². The van der Waals surface area contributed by atoms with Crippen LogP contribution in [0.2, 0.25) is 0 Å². The lowest BCUT2D eigenvalue weighted by molar-refractivity contribution is 0.197. The molecule has 0 bridgehead atoms. The Balaban J connectivity index is 2.30. The average molecular weight is 287 g/mol. The van der Waals surface area contributed by atoms with E-state index in [0.29, 0.717) is 18.9 Å². The SMILES string of the molecule is COCCNC(c1ccccc1)c1ccc(OC)cc1O. The van der Waals surface area contributed by atoms with Crippen LogP contribution in [0.5, 0.6) is 11.5 Å². The number of hydrogen-bond acceptors (Lipinski definition) is 4. The zero-order valence-electron chi connectivity index (χ0n) is 12.4. The van der Waals surface area contributed by atoms with Gasteiger partial charge in [0.1, 0.15) is 11.5 Å². The van der Waals surface area contributed by atoms with Gasteiger partial charge in [-0.05, 0) is 17.7 Å². The Hall–Kier alpha value is -2.04. The molecule has 0 heterocycles. The third-order valence-corrected chi connectivity index (χ3v) is 3.34. The van der Waals surface area contributed by atoms with Crippen LogP contribution >= 0.6 is 0 Å². The molecule has 0 amide bonds. The molecule has 0 aliphatic rings. The average Bonchev–Trinajstić information content (AvgIpc) is 2.53. The quantitative estimate of drug-likeness (QED) is 0.769. The van der Waals surface area contributed by atoms with E-state index in [1.807, 2.05) is 42.5 Å². The van der Waals surface area contributed by atoms with Crippen LogP contribution in [-0.2, 0) is 4.74 Å². The smallest absolute Gasteiger partial charge is 0.124 e.